The van der Waals surface area contributed by atoms with E-state index in [1.807, 2.05) is 49.6 Å². The summed E-state index contributed by atoms with van der Waals surface area (Å²) in [5, 5.41) is 0.328. The minimum Gasteiger partial charge on any atom is -0.492 e. The molecule has 1 aliphatic carbocycles. The van der Waals surface area contributed by atoms with Gasteiger partial charge in [-0.25, -0.2) is 9.18 Å². The quantitative estimate of drug-likeness (QED) is 0.346. The molecule has 0 bridgehead atoms. The van der Waals surface area contributed by atoms with Gasteiger partial charge in [-0.15, -0.1) is 0 Å². The lowest BCUT2D eigenvalue weighted by atomic mass is 10.0. The summed E-state index contributed by atoms with van der Waals surface area (Å²) in [6.07, 6.45) is 1.64. The lowest BCUT2D eigenvalue weighted by Gasteiger charge is -2.35. The molecular formula is C30H33FN4O5S. The monoisotopic (exact) mass is 580 g/mol. The highest BCUT2D eigenvalue weighted by Crippen LogP contribution is 2.41. The number of nitrogens with zero attached hydrogens (tertiary/aromatic N) is 3. The maximum Gasteiger partial charge on any atom is 0.410 e. The van der Waals surface area contributed by atoms with Gasteiger partial charge in [0.15, 0.2) is 0 Å². The van der Waals surface area contributed by atoms with Crippen molar-refractivity contribution in [2.45, 2.75) is 45.3 Å². The van der Waals surface area contributed by atoms with E-state index in [1.54, 1.807) is 11.0 Å². The molecule has 1 N–H and O–H groups in total. The summed E-state index contributed by atoms with van der Waals surface area (Å²) in [6.45, 7) is 9.53. The fourth-order valence-electron chi connectivity index (χ4n) is 5.27. The molecule has 3 heterocycles. The van der Waals surface area contributed by atoms with Crippen LogP contribution in [-0.4, -0.2) is 69.8 Å². The Balaban J connectivity index is 1.12. The van der Waals surface area contributed by atoms with E-state index < -0.39 is 22.4 Å². The summed E-state index contributed by atoms with van der Waals surface area (Å²) in [5.74, 6) is 0.165. The standard InChI is InChI=1S/C30H33FN4O5S/c1-30(2,3)40-29(38)34-12-10-33(11-13-34)14-15-39-20-8-4-18(5-9-20)21-17-24-22(16-23(21)31)26(36)25-27(37)32-41-28(25)35(24)19-6-7-19/h4-5,8-9,16-17,19H,6-7,10-15H2,1-3H3,(H,32,37). The van der Waals surface area contributed by atoms with E-state index in [0.29, 0.717) is 46.9 Å². The summed E-state index contributed by atoms with van der Waals surface area (Å²) >= 11 is 1.16. The van der Waals surface area contributed by atoms with E-state index in [9.17, 15) is 14.4 Å². The van der Waals surface area contributed by atoms with E-state index in [4.69, 9.17) is 9.47 Å². The smallest absolute Gasteiger partial charge is 0.410 e. The molecule has 6 rings (SSSR count). The molecule has 0 radical (unpaired) electrons. The van der Waals surface area contributed by atoms with Gasteiger partial charge < -0.3 is 18.9 Å². The van der Waals surface area contributed by atoms with E-state index in [1.165, 1.54) is 6.07 Å². The Hall–Kier alpha value is -3.70. The van der Waals surface area contributed by atoms with Crippen LogP contribution < -0.4 is 15.7 Å². The van der Waals surface area contributed by atoms with Crippen molar-refractivity contribution in [3.8, 4) is 16.9 Å². The van der Waals surface area contributed by atoms with Crippen LogP contribution >= 0.6 is 11.5 Å². The second-order valence-electron chi connectivity index (χ2n) is 11.7. The van der Waals surface area contributed by atoms with Crippen molar-refractivity contribution in [3.63, 3.8) is 0 Å². The second kappa shape index (κ2) is 10.6. The molecule has 1 amide bonds. The van der Waals surface area contributed by atoms with Gasteiger partial charge in [-0.3, -0.25) is 18.9 Å². The predicted molar refractivity (Wildman–Crippen MR) is 158 cm³/mol. The molecule has 0 spiro atoms. The number of rotatable bonds is 6. The van der Waals surface area contributed by atoms with Crippen LogP contribution in [-0.2, 0) is 4.74 Å². The number of fused-ring (bicyclic) bond motifs is 2. The largest absolute Gasteiger partial charge is 0.492 e. The summed E-state index contributed by atoms with van der Waals surface area (Å²) in [4.78, 5) is 42.2. The topological polar surface area (TPSA) is 96.9 Å². The third kappa shape index (κ3) is 5.60. The second-order valence-corrected chi connectivity index (χ2v) is 12.5. The molecule has 0 atom stereocenters. The first-order chi connectivity index (χ1) is 19.6. The maximum atomic E-state index is 15.3. The summed E-state index contributed by atoms with van der Waals surface area (Å²) in [6, 6.07) is 10.4. The number of nitrogens with one attached hydrogen (secondary N) is 1. The summed E-state index contributed by atoms with van der Waals surface area (Å²) in [5.41, 5.74) is 0.345. The van der Waals surface area contributed by atoms with E-state index >= 15 is 4.39 Å². The molecule has 2 aromatic heterocycles. The van der Waals surface area contributed by atoms with Crippen LogP contribution in [0.5, 0.6) is 5.75 Å². The van der Waals surface area contributed by atoms with Crippen LogP contribution in [0.15, 0.2) is 46.0 Å². The van der Waals surface area contributed by atoms with Crippen LogP contribution in [0.25, 0.3) is 32.2 Å². The fraction of sp³-hybridized carbons (Fsp3) is 0.433. The lowest BCUT2D eigenvalue weighted by Crippen LogP contribution is -2.50. The van der Waals surface area contributed by atoms with Crippen molar-refractivity contribution in [2.24, 2.45) is 0 Å². The number of hydrogen-bond acceptors (Lipinski definition) is 7. The van der Waals surface area contributed by atoms with Crippen LogP contribution in [0, 0.1) is 5.82 Å². The van der Waals surface area contributed by atoms with Crippen LogP contribution in [0.1, 0.15) is 39.7 Å². The fourth-order valence-corrected chi connectivity index (χ4v) is 6.20. The maximum absolute atomic E-state index is 15.3. The van der Waals surface area contributed by atoms with Gasteiger partial charge in [-0.05, 0) is 75.0 Å². The Bertz CT molecular complexity index is 1720. The molecule has 1 saturated heterocycles. The van der Waals surface area contributed by atoms with Crippen molar-refractivity contribution in [1.82, 2.24) is 18.7 Å². The Morgan fingerprint density at radius 1 is 1.07 bits per heavy atom. The van der Waals surface area contributed by atoms with Gasteiger partial charge in [0.1, 0.15) is 34.0 Å². The van der Waals surface area contributed by atoms with Gasteiger partial charge >= 0.3 is 6.09 Å². The highest BCUT2D eigenvalue weighted by molar-refractivity contribution is 7.12. The number of H-pyrrole nitrogens is 1. The van der Waals surface area contributed by atoms with Gasteiger partial charge in [0.2, 0.25) is 5.43 Å². The highest BCUT2D eigenvalue weighted by atomic mass is 32.1. The normalized spacial score (nSPS) is 16.4. The third-order valence-corrected chi connectivity index (χ3v) is 8.38. The van der Waals surface area contributed by atoms with E-state index in [2.05, 4.69) is 9.27 Å². The number of amides is 1. The number of aromatic amines is 1. The molecule has 4 aromatic rings. The molecule has 2 aromatic carbocycles. The van der Waals surface area contributed by atoms with Crippen molar-refractivity contribution in [1.29, 1.82) is 0 Å². The average Bonchev–Trinajstić information content (AvgIpc) is 3.70. The van der Waals surface area contributed by atoms with Gasteiger partial charge in [-0.1, -0.05) is 12.1 Å². The van der Waals surface area contributed by atoms with Crippen molar-refractivity contribution in [3.05, 3.63) is 62.8 Å². The van der Waals surface area contributed by atoms with Gasteiger partial charge in [0.25, 0.3) is 5.56 Å². The molecule has 2 fully saturated rings. The first-order valence-corrected chi connectivity index (χ1v) is 14.7. The molecular weight excluding hydrogens is 547 g/mol. The van der Waals surface area contributed by atoms with E-state index in [0.717, 1.165) is 44.0 Å². The zero-order chi connectivity index (χ0) is 28.9. The van der Waals surface area contributed by atoms with Crippen molar-refractivity contribution < 1.29 is 18.7 Å². The number of aromatic nitrogens is 2. The highest BCUT2D eigenvalue weighted by Gasteiger charge is 2.29. The molecule has 9 nitrogen and oxygen atoms in total. The number of hydrogen-bond donors (Lipinski definition) is 1. The first kappa shape index (κ1) is 27.5. The number of halogens is 1. The minimum absolute atomic E-state index is 0.105. The van der Waals surface area contributed by atoms with Crippen LogP contribution in [0.3, 0.4) is 0 Å². The summed E-state index contributed by atoms with van der Waals surface area (Å²) < 4.78 is 31.4. The molecule has 2 aliphatic rings. The van der Waals surface area contributed by atoms with Gasteiger partial charge in [0, 0.05) is 49.7 Å². The minimum atomic E-state index is -0.512. The zero-order valence-electron chi connectivity index (χ0n) is 23.4. The molecule has 216 valence electrons. The number of carbonyl (C=O) groups is 1. The number of carbonyl (C=O) groups excluding carboxylic acids is 1. The Labute approximate surface area is 240 Å². The molecule has 11 heteroatoms. The Morgan fingerprint density at radius 2 is 1.78 bits per heavy atom. The number of ether oxygens (including phenoxy) is 2. The van der Waals surface area contributed by atoms with Crippen LogP contribution in [0.2, 0.25) is 0 Å². The Kier molecular flexibility index (Phi) is 7.11. The number of piperazine rings is 1. The number of benzene rings is 2. The first-order valence-electron chi connectivity index (χ1n) is 13.9. The molecule has 1 saturated carbocycles. The summed E-state index contributed by atoms with van der Waals surface area (Å²) in [7, 11) is 0. The van der Waals surface area contributed by atoms with Gasteiger partial charge in [-0.2, -0.15) is 0 Å². The van der Waals surface area contributed by atoms with Crippen LogP contribution in [0.4, 0.5) is 9.18 Å². The van der Waals surface area contributed by atoms with Gasteiger partial charge in [0.05, 0.1) is 5.52 Å². The number of pyridine rings is 1. The lowest BCUT2D eigenvalue weighted by molar-refractivity contribution is 0.0137. The SMILES string of the molecule is CC(C)(C)OC(=O)N1CCN(CCOc2ccc(-c3cc4c(cc3F)c(=O)c3c(=O)[nH]sc3n4C3CC3)cc2)CC1. The van der Waals surface area contributed by atoms with Crippen molar-refractivity contribution in [2.75, 3.05) is 39.3 Å². The molecule has 1 aliphatic heterocycles. The zero-order valence-corrected chi connectivity index (χ0v) is 24.2. The third-order valence-electron chi connectivity index (χ3n) is 7.49. The molecule has 0 unspecified atom stereocenters. The molecule has 41 heavy (non-hydrogen) atoms. The van der Waals surface area contributed by atoms with E-state index in [-0.39, 0.29) is 22.9 Å². The van der Waals surface area contributed by atoms with Crippen molar-refractivity contribution >= 4 is 38.7 Å². The average molecular weight is 581 g/mol. The predicted octanol–water partition coefficient (Wildman–Crippen LogP) is 4.98. The Morgan fingerprint density at radius 3 is 2.44 bits per heavy atom.